The van der Waals surface area contributed by atoms with E-state index in [2.05, 4.69) is 26.6 Å². The molecule has 2 aromatic rings. The van der Waals surface area contributed by atoms with E-state index in [1.165, 1.54) is 0 Å². The Bertz CT molecular complexity index is 1570. The van der Waals surface area contributed by atoms with Crippen LogP contribution in [0.15, 0.2) is 0 Å². The van der Waals surface area contributed by atoms with Crippen LogP contribution in [0.1, 0.15) is 71.2 Å². The molecule has 0 aromatic heterocycles. The minimum Gasteiger partial charge on any atom is -0.507 e. The minimum absolute atomic E-state index is 0.00785. The van der Waals surface area contributed by atoms with E-state index < -0.39 is 11.2 Å². The average molecular weight is 914 g/mol. The fourth-order valence-corrected chi connectivity index (χ4v) is 7.09. The number of alkyl halides is 1. The molecule has 2 aliphatic rings. The Morgan fingerprint density at radius 3 is 1.23 bits per heavy atom. The maximum Gasteiger partial charge on any atom is 0.263 e. The Balaban J connectivity index is 0.000000320. The molecule has 2 aliphatic heterocycles. The summed E-state index contributed by atoms with van der Waals surface area (Å²) in [5.74, 6) is 1.73. The number of fused-ring (bicyclic) bond motifs is 2. The third kappa shape index (κ3) is 14.4. The van der Waals surface area contributed by atoms with Gasteiger partial charge in [-0.15, -0.1) is 0 Å². The van der Waals surface area contributed by atoms with Crippen molar-refractivity contribution in [2.75, 3.05) is 104 Å². The molecule has 0 saturated carbocycles. The molecule has 340 valence electrons. The monoisotopic (exact) mass is 912 g/mol. The van der Waals surface area contributed by atoms with E-state index in [9.17, 15) is 19.8 Å². The van der Waals surface area contributed by atoms with Crippen LogP contribution in [0.25, 0.3) is 0 Å². The van der Waals surface area contributed by atoms with Gasteiger partial charge >= 0.3 is 0 Å². The van der Waals surface area contributed by atoms with Crippen molar-refractivity contribution in [1.82, 2.24) is 10.6 Å². The highest BCUT2D eigenvalue weighted by Gasteiger charge is 2.42. The maximum atomic E-state index is 12.8. The number of aliphatic hydroxyl groups excluding tert-OH is 1. The number of hydrogen-bond acceptors (Lipinski definition) is 13. The highest BCUT2D eigenvalue weighted by Crippen LogP contribution is 2.44. The van der Waals surface area contributed by atoms with E-state index in [0.717, 1.165) is 55.6 Å². The fraction of sp³-hybridized carbons (Fsp3) is 0.682. The van der Waals surface area contributed by atoms with Gasteiger partial charge in [0, 0.05) is 42.4 Å². The molecule has 0 radical (unpaired) electrons. The molecule has 60 heavy (non-hydrogen) atoms. The Labute approximate surface area is 364 Å². The molecule has 2 heterocycles. The lowest BCUT2D eigenvalue weighted by Crippen LogP contribution is -2.51. The van der Waals surface area contributed by atoms with Gasteiger partial charge in [0.15, 0.2) is 11.2 Å². The smallest absolute Gasteiger partial charge is 0.263 e. The van der Waals surface area contributed by atoms with E-state index in [4.69, 9.17) is 43.0 Å². The number of aromatic hydroxyl groups is 2. The number of amides is 2. The SMILES string of the molecule is Cc1c(C)c2c(c(C)c1O)CCC(C)(C(=O)NCCOCCOCCOCCBr)O2.Cc1c(C)c2c(c(C)c1O)CCC(C)(C(=O)NCCOCCOCCOCCO)O2. The molecule has 16 heteroatoms. The number of benzene rings is 2. The van der Waals surface area contributed by atoms with Crippen LogP contribution in [0.3, 0.4) is 0 Å². The summed E-state index contributed by atoms with van der Waals surface area (Å²) in [7, 11) is 0. The zero-order valence-electron chi connectivity index (χ0n) is 36.9. The average Bonchev–Trinajstić information content (AvgIpc) is 3.24. The lowest BCUT2D eigenvalue weighted by molar-refractivity contribution is -0.137. The van der Waals surface area contributed by atoms with Gasteiger partial charge in [-0.1, -0.05) is 15.9 Å². The van der Waals surface area contributed by atoms with Gasteiger partial charge in [-0.05, 0) is 102 Å². The number of nitrogens with one attached hydrogen (secondary N) is 2. The zero-order chi connectivity index (χ0) is 44.3. The van der Waals surface area contributed by atoms with Gasteiger partial charge in [-0.25, -0.2) is 0 Å². The Hall–Kier alpha value is -3.22. The van der Waals surface area contributed by atoms with Crippen LogP contribution in [0, 0.1) is 41.5 Å². The number of halogens is 1. The third-order valence-corrected chi connectivity index (χ3v) is 11.3. The van der Waals surface area contributed by atoms with Crippen molar-refractivity contribution in [3.05, 3.63) is 44.5 Å². The second-order valence-corrected chi connectivity index (χ2v) is 16.1. The highest BCUT2D eigenvalue weighted by atomic mass is 79.9. The zero-order valence-corrected chi connectivity index (χ0v) is 38.5. The van der Waals surface area contributed by atoms with E-state index >= 15 is 0 Å². The van der Waals surface area contributed by atoms with Crippen LogP contribution in [0.4, 0.5) is 0 Å². The van der Waals surface area contributed by atoms with Gasteiger partial charge in [0.25, 0.3) is 11.8 Å². The van der Waals surface area contributed by atoms with Gasteiger partial charge < -0.3 is 63.8 Å². The molecule has 0 aliphatic carbocycles. The fourth-order valence-electron chi connectivity index (χ4n) is 6.87. The topological polar surface area (TPSA) is 193 Å². The normalized spacial score (nSPS) is 18.0. The van der Waals surface area contributed by atoms with Crippen LogP contribution >= 0.6 is 15.9 Å². The van der Waals surface area contributed by atoms with Gasteiger partial charge in [0.05, 0.1) is 85.9 Å². The van der Waals surface area contributed by atoms with Gasteiger partial charge in [-0.2, -0.15) is 0 Å². The van der Waals surface area contributed by atoms with Crippen LogP contribution in [-0.4, -0.2) is 143 Å². The largest absolute Gasteiger partial charge is 0.507 e. The Morgan fingerprint density at radius 2 is 0.883 bits per heavy atom. The first-order chi connectivity index (χ1) is 28.6. The molecule has 2 amide bonds. The van der Waals surface area contributed by atoms with Crippen LogP contribution in [-0.2, 0) is 50.9 Å². The summed E-state index contributed by atoms with van der Waals surface area (Å²) in [6, 6.07) is 0. The maximum absolute atomic E-state index is 12.8. The first-order valence-corrected chi connectivity index (χ1v) is 22.0. The summed E-state index contributed by atoms with van der Waals surface area (Å²) in [5.41, 5.74) is 5.06. The number of phenolic OH excluding ortho intramolecular Hbond substituents is 2. The molecule has 0 fully saturated rings. The molecule has 2 unspecified atom stereocenters. The molecule has 2 atom stereocenters. The summed E-state index contributed by atoms with van der Waals surface area (Å²) < 4.78 is 44.4. The summed E-state index contributed by atoms with van der Waals surface area (Å²) in [4.78, 5) is 25.5. The van der Waals surface area contributed by atoms with E-state index in [1.807, 2.05) is 48.5 Å². The summed E-state index contributed by atoms with van der Waals surface area (Å²) in [5, 5.41) is 35.8. The standard InChI is InChI=1S/C22H34BrNO6.C22H35NO7/c1-15-16(2)20-18(17(3)19(15)25)5-6-22(4,30-20)21(26)24-8-10-28-12-14-29-13-11-27-9-7-23;1-15-16(2)20-18(17(3)19(15)25)5-6-22(4,30-20)21(26)23-7-9-27-11-13-29-14-12-28-10-8-24/h25H,5-14H2,1-4H3,(H,24,26);24-25H,5-14H2,1-4H3,(H,23,26). The molecule has 0 bridgehead atoms. The van der Waals surface area contributed by atoms with E-state index in [0.29, 0.717) is 135 Å². The predicted octanol–water partition coefficient (Wildman–Crippen LogP) is 4.52. The summed E-state index contributed by atoms with van der Waals surface area (Å²) >= 11 is 3.29. The Kier molecular flexibility index (Phi) is 21.9. The van der Waals surface area contributed by atoms with Crippen molar-refractivity contribution >= 4 is 27.7 Å². The van der Waals surface area contributed by atoms with Crippen molar-refractivity contribution in [2.24, 2.45) is 0 Å². The molecular weight excluding hydrogens is 844 g/mol. The van der Waals surface area contributed by atoms with E-state index in [-0.39, 0.29) is 18.4 Å². The Morgan fingerprint density at radius 1 is 0.550 bits per heavy atom. The first kappa shape index (κ1) is 51.1. The van der Waals surface area contributed by atoms with Crippen molar-refractivity contribution in [3.63, 3.8) is 0 Å². The second-order valence-electron chi connectivity index (χ2n) is 15.3. The van der Waals surface area contributed by atoms with Crippen molar-refractivity contribution in [3.8, 4) is 23.0 Å². The van der Waals surface area contributed by atoms with Crippen molar-refractivity contribution in [2.45, 2.75) is 92.3 Å². The lowest BCUT2D eigenvalue weighted by atomic mass is 9.86. The quantitative estimate of drug-likeness (QED) is 0.0731. The van der Waals surface area contributed by atoms with Crippen LogP contribution in [0.2, 0.25) is 0 Å². The van der Waals surface area contributed by atoms with Gasteiger partial charge in [0.2, 0.25) is 0 Å². The summed E-state index contributed by atoms with van der Waals surface area (Å²) in [6.45, 7) is 21.4. The second kappa shape index (κ2) is 25.7. The van der Waals surface area contributed by atoms with Crippen molar-refractivity contribution < 1.29 is 62.8 Å². The number of phenols is 2. The number of ether oxygens (including phenoxy) is 8. The third-order valence-electron chi connectivity index (χ3n) is 11.0. The molecule has 5 N–H and O–H groups in total. The van der Waals surface area contributed by atoms with Gasteiger partial charge in [-0.3, -0.25) is 9.59 Å². The predicted molar refractivity (Wildman–Crippen MR) is 231 cm³/mol. The molecule has 0 saturated heterocycles. The summed E-state index contributed by atoms with van der Waals surface area (Å²) in [6.07, 6.45) is 2.46. The van der Waals surface area contributed by atoms with Gasteiger partial charge in [0.1, 0.15) is 23.0 Å². The van der Waals surface area contributed by atoms with E-state index in [1.54, 1.807) is 6.92 Å². The number of aliphatic hydroxyl groups is 1. The first-order valence-electron chi connectivity index (χ1n) is 20.8. The molecule has 2 aromatic carbocycles. The minimum atomic E-state index is -0.953. The molecule has 15 nitrogen and oxygen atoms in total. The number of carbonyl (C=O) groups is 2. The molecular formula is C44H69BrN2O13. The highest BCUT2D eigenvalue weighted by molar-refractivity contribution is 9.09. The van der Waals surface area contributed by atoms with Crippen molar-refractivity contribution in [1.29, 1.82) is 0 Å². The molecule has 4 rings (SSSR count). The number of rotatable bonds is 24. The number of hydrogen-bond donors (Lipinski definition) is 5. The van der Waals surface area contributed by atoms with Crippen LogP contribution < -0.4 is 20.1 Å². The lowest BCUT2D eigenvalue weighted by Gasteiger charge is -2.36. The molecule has 0 spiro atoms. The van der Waals surface area contributed by atoms with Crippen LogP contribution in [0.5, 0.6) is 23.0 Å². The number of carbonyl (C=O) groups excluding carboxylic acids is 2.